The van der Waals surface area contributed by atoms with Crippen LogP contribution >= 0.6 is 0 Å². The molecular formula is C26H36N6O. The molecule has 1 aliphatic heterocycles. The Morgan fingerprint density at radius 1 is 1.15 bits per heavy atom. The van der Waals surface area contributed by atoms with Gasteiger partial charge in [0.2, 0.25) is 5.91 Å². The maximum atomic E-state index is 12.1. The highest BCUT2D eigenvalue weighted by atomic mass is 16.1. The third-order valence-electron chi connectivity index (χ3n) is 6.66. The SMILES string of the molecule is Cc1ccc(-c2cc3c(C)nnc(N4CCC(CCC(=O)NCCN(C)C)CC4)c3[nH]2)cc1. The molecule has 2 N–H and O–H groups in total. The average molecular weight is 449 g/mol. The van der Waals surface area contributed by atoms with Crippen molar-refractivity contribution in [2.24, 2.45) is 5.92 Å². The number of H-pyrrole nitrogens is 1. The third-order valence-corrected chi connectivity index (χ3v) is 6.66. The number of carbonyl (C=O) groups is 1. The molecule has 3 aromatic rings. The summed E-state index contributed by atoms with van der Waals surface area (Å²) in [6.07, 6.45) is 3.72. The summed E-state index contributed by atoms with van der Waals surface area (Å²) < 4.78 is 0. The summed E-state index contributed by atoms with van der Waals surface area (Å²) in [6.45, 7) is 7.60. The molecule has 2 aromatic heterocycles. The second-order valence-electron chi connectivity index (χ2n) is 9.57. The lowest BCUT2D eigenvalue weighted by molar-refractivity contribution is -0.121. The first-order valence-corrected chi connectivity index (χ1v) is 12.0. The van der Waals surface area contributed by atoms with Gasteiger partial charge >= 0.3 is 0 Å². The number of rotatable bonds is 8. The number of benzene rings is 1. The molecule has 7 nitrogen and oxygen atoms in total. The Morgan fingerprint density at radius 2 is 1.88 bits per heavy atom. The molecule has 176 valence electrons. The van der Waals surface area contributed by atoms with Gasteiger partial charge in [0.15, 0.2) is 5.82 Å². The van der Waals surface area contributed by atoms with E-state index in [1.807, 2.05) is 21.0 Å². The number of aromatic nitrogens is 3. The zero-order valence-corrected chi connectivity index (χ0v) is 20.3. The molecule has 0 aliphatic carbocycles. The number of hydrogen-bond donors (Lipinski definition) is 2. The zero-order valence-electron chi connectivity index (χ0n) is 20.3. The number of fused-ring (bicyclic) bond motifs is 1. The molecule has 0 radical (unpaired) electrons. The molecule has 0 spiro atoms. The first-order valence-electron chi connectivity index (χ1n) is 12.0. The zero-order chi connectivity index (χ0) is 23.4. The minimum atomic E-state index is 0.167. The summed E-state index contributed by atoms with van der Waals surface area (Å²) in [5, 5.41) is 13.2. The fraction of sp³-hybridized carbons (Fsp3) is 0.500. The van der Waals surface area contributed by atoms with Crippen LogP contribution in [0.5, 0.6) is 0 Å². The van der Waals surface area contributed by atoms with Gasteiger partial charge in [0.25, 0.3) is 0 Å². The normalized spacial score (nSPS) is 14.9. The second kappa shape index (κ2) is 10.3. The van der Waals surface area contributed by atoms with Gasteiger partial charge in [-0.05, 0) is 64.8 Å². The Labute approximate surface area is 196 Å². The smallest absolute Gasteiger partial charge is 0.220 e. The molecule has 33 heavy (non-hydrogen) atoms. The van der Waals surface area contributed by atoms with Gasteiger partial charge < -0.3 is 20.1 Å². The van der Waals surface area contributed by atoms with E-state index in [-0.39, 0.29) is 5.91 Å². The summed E-state index contributed by atoms with van der Waals surface area (Å²) in [5.41, 5.74) is 5.53. The van der Waals surface area contributed by atoms with Crippen molar-refractivity contribution in [1.82, 2.24) is 25.4 Å². The quantitative estimate of drug-likeness (QED) is 0.546. The Morgan fingerprint density at radius 3 is 2.58 bits per heavy atom. The van der Waals surface area contributed by atoms with E-state index in [2.05, 4.69) is 67.6 Å². The van der Waals surface area contributed by atoms with E-state index in [4.69, 9.17) is 0 Å². The average Bonchev–Trinajstić information content (AvgIpc) is 3.25. The van der Waals surface area contributed by atoms with Gasteiger partial charge in [-0.2, -0.15) is 5.10 Å². The molecule has 1 fully saturated rings. The number of hydrogen-bond acceptors (Lipinski definition) is 5. The number of aromatic amines is 1. The molecule has 0 saturated carbocycles. The van der Waals surface area contributed by atoms with Crippen LogP contribution in [-0.2, 0) is 4.79 Å². The van der Waals surface area contributed by atoms with E-state index >= 15 is 0 Å². The first kappa shape index (κ1) is 23.2. The van der Waals surface area contributed by atoms with Gasteiger partial charge in [0, 0.05) is 43.7 Å². The number of amides is 1. The van der Waals surface area contributed by atoms with E-state index in [0.29, 0.717) is 18.9 Å². The van der Waals surface area contributed by atoms with Gasteiger partial charge in [0.05, 0.1) is 11.2 Å². The highest BCUT2D eigenvalue weighted by molar-refractivity contribution is 5.94. The van der Waals surface area contributed by atoms with E-state index < -0.39 is 0 Å². The van der Waals surface area contributed by atoms with Crippen LogP contribution < -0.4 is 10.2 Å². The fourth-order valence-corrected chi connectivity index (χ4v) is 4.53. The summed E-state index contributed by atoms with van der Waals surface area (Å²) in [5.74, 6) is 1.69. The summed E-state index contributed by atoms with van der Waals surface area (Å²) in [4.78, 5) is 20.1. The molecule has 1 aliphatic rings. The lowest BCUT2D eigenvalue weighted by Gasteiger charge is -2.32. The number of aryl methyl sites for hydroxylation is 2. The number of anilines is 1. The number of nitrogens with one attached hydrogen (secondary N) is 2. The van der Waals surface area contributed by atoms with Crippen LogP contribution in [-0.4, -0.2) is 66.3 Å². The molecule has 1 amide bonds. The van der Waals surface area contributed by atoms with Gasteiger partial charge in [-0.15, -0.1) is 5.10 Å². The number of piperidine rings is 1. The summed E-state index contributed by atoms with van der Waals surface area (Å²) in [6, 6.07) is 10.8. The molecule has 7 heteroatoms. The van der Waals surface area contributed by atoms with Crippen LogP contribution in [0.4, 0.5) is 5.82 Å². The van der Waals surface area contributed by atoms with Crippen LogP contribution in [0.1, 0.15) is 36.9 Å². The third kappa shape index (κ3) is 5.71. The lowest BCUT2D eigenvalue weighted by atomic mass is 9.92. The lowest BCUT2D eigenvalue weighted by Crippen LogP contribution is -2.35. The summed E-state index contributed by atoms with van der Waals surface area (Å²) in [7, 11) is 4.03. The van der Waals surface area contributed by atoms with Crippen LogP contribution in [0.3, 0.4) is 0 Å². The van der Waals surface area contributed by atoms with Gasteiger partial charge in [0.1, 0.15) is 0 Å². The molecule has 0 unspecified atom stereocenters. The van der Waals surface area contributed by atoms with E-state index in [1.165, 1.54) is 11.1 Å². The van der Waals surface area contributed by atoms with Crippen LogP contribution in [0, 0.1) is 19.8 Å². The van der Waals surface area contributed by atoms with Crippen molar-refractivity contribution < 1.29 is 4.79 Å². The molecule has 3 heterocycles. The second-order valence-corrected chi connectivity index (χ2v) is 9.57. The van der Waals surface area contributed by atoms with Gasteiger partial charge in [-0.25, -0.2) is 0 Å². The van der Waals surface area contributed by atoms with Crippen LogP contribution in [0.2, 0.25) is 0 Å². The van der Waals surface area contributed by atoms with Crippen molar-refractivity contribution in [3.8, 4) is 11.3 Å². The monoisotopic (exact) mass is 448 g/mol. The van der Waals surface area contributed by atoms with E-state index in [1.54, 1.807) is 0 Å². The fourth-order valence-electron chi connectivity index (χ4n) is 4.53. The first-order chi connectivity index (χ1) is 15.9. The standard InChI is InChI=1S/C26H36N6O/c1-18-5-8-21(9-6-18)23-17-22-19(2)29-30-26(25(22)28-23)32-14-11-20(12-15-32)7-10-24(33)27-13-16-31(3)4/h5-6,8-9,17,20,28H,7,10-16H2,1-4H3,(H,27,33). The minimum absolute atomic E-state index is 0.167. The van der Waals surface area contributed by atoms with Crippen molar-refractivity contribution in [3.63, 3.8) is 0 Å². The Kier molecular flexibility index (Phi) is 7.28. The highest BCUT2D eigenvalue weighted by Gasteiger charge is 2.24. The van der Waals surface area contributed by atoms with E-state index in [9.17, 15) is 4.79 Å². The highest BCUT2D eigenvalue weighted by Crippen LogP contribution is 2.33. The Bertz CT molecular complexity index is 1080. The van der Waals surface area contributed by atoms with Crippen molar-refractivity contribution in [2.75, 3.05) is 45.2 Å². The van der Waals surface area contributed by atoms with Crippen molar-refractivity contribution in [3.05, 3.63) is 41.6 Å². The maximum absolute atomic E-state index is 12.1. The molecule has 0 bridgehead atoms. The molecular weight excluding hydrogens is 412 g/mol. The maximum Gasteiger partial charge on any atom is 0.220 e. The number of likely N-dealkylation sites (N-methyl/N-ethyl adjacent to an activating group) is 1. The predicted molar refractivity (Wildman–Crippen MR) is 135 cm³/mol. The van der Waals surface area contributed by atoms with Crippen LogP contribution in [0.25, 0.3) is 22.2 Å². The van der Waals surface area contributed by atoms with Crippen molar-refractivity contribution in [2.45, 2.75) is 39.5 Å². The number of nitrogens with zero attached hydrogens (tertiary/aromatic N) is 4. The van der Waals surface area contributed by atoms with Crippen LogP contribution in [0.15, 0.2) is 30.3 Å². The Hall–Kier alpha value is -2.93. The molecule has 1 aromatic carbocycles. The van der Waals surface area contributed by atoms with Crippen molar-refractivity contribution in [1.29, 1.82) is 0 Å². The van der Waals surface area contributed by atoms with Gasteiger partial charge in [-0.1, -0.05) is 29.8 Å². The minimum Gasteiger partial charge on any atom is -0.355 e. The predicted octanol–water partition coefficient (Wildman–Crippen LogP) is 3.92. The topological polar surface area (TPSA) is 77.2 Å². The molecule has 4 rings (SSSR count). The Balaban J connectivity index is 1.38. The number of carbonyl (C=O) groups excluding carboxylic acids is 1. The molecule has 0 atom stereocenters. The molecule has 1 saturated heterocycles. The van der Waals surface area contributed by atoms with E-state index in [0.717, 1.165) is 67.0 Å². The summed E-state index contributed by atoms with van der Waals surface area (Å²) >= 11 is 0. The van der Waals surface area contributed by atoms with Gasteiger partial charge in [-0.3, -0.25) is 4.79 Å². The largest absolute Gasteiger partial charge is 0.355 e. The van der Waals surface area contributed by atoms with Crippen molar-refractivity contribution >= 4 is 22.6 Å².